The number of methoxy groups -OCH3 is 1. The van der Waals surface area contributed by atoms with Crippen LogP contribution in [0.4, 0.5) is 0 Å². The van der Waals surface area contributed by atoms with Gasteiger partial charge < -0.3 is 10.1 Å². The van der Waals surface area contributed by atoms with E-state index in [-0.39, 0.29) is 11.2 Å². The Bertz CT molecular complexity index is 1430. The quantitative estimate of drug-likeness (QED) is 0.380. The van der Waals surface area contributed by atoms with Crippen molar-refractivity contribution in [2.75, 3.05) is 7.11 Å². The molecule has 2 heterocycles. The average molecular weight is 560 g/mol. The molecule has 0 fully saturated rings. The highest BCUT2D eigenvalue weighted by molar-refractivity contribution is 9.10. The maximum Gasteiger partial charge on any atom is 0.336 e. The molecule has 0 saturated carbocycles. The van der Waals surface area contributed by atoms with Crippen LogP contribution in [0.3, 0.4) is 0 Å². The summed E-state index contributed by atoms with van der Waals surface area (Å²) < 4.78 is 8.13. The van der Waals surface area contributed by atoms with E-state index in [2.05, 4.69) is 47.2 Å². The minimum absolute atomic E-state index is 0.0531. The standard InChI is InChI=1S/C30H30BrN3O3/c1-18-25(29(36)37-4)26(27-23(32-18)14-30(2,3)15-24(27)35)22-17-34(16-19-10-12-21(31)13-11-19)33-28(22)20-8-6-5-7-9-20/h5-13,17,26,32H,14-16H2,1-4H3/t26-/m0/s1. The van der Waals surface area contributed by atoms with E-state index >= 15 is 0 Å². The van der Waals surface area contributed by atoms with Crippen LogP contribution in [0, 0.1) is 5.41 Å². The van der Waals surface area contributed by atoms with Crippen LogP contribution >= 0.6 is 15.9 Å². The molecule has 2 aromatic carbocycles. The van der Waals surface area contributed by atoms with E-state index in [9.17, 15) is 9.59 Å². The summed E-state index contributed by atoms with van der Waals surface area (Å²) >= 11 is 3.49. The van der Waals surface area contributed by atoms with Crippen LogP contribution in [-0.2, 0) is 20.9 Å². The van der Waals surface area contributed by atoms with Crippen molar-refractivity contribution in [3.63, 3.8) is 0 Å². The summed E-state index contributed by atoms with van der Waals surface area (Å²) in [6, 6.07) is 18.0. The van der Waals surface area contributed by atoms with Gasteiger partial charge >= 0.3 is 5.97 Å². The van der Waals surface area contributed by atoms with E-state index in [1.807, 2.05) is 60.3 Å². The van der Waals surface area contributed by atoms with E-state index in [4.69, 9.17) is 9.84 Å². The number of benzene rings is 2. The molecule has 1 aliphatic heterocycles. The molecule has 7 heteroatoms. The number of carbonyl (C=O) groups is 2. The van der Waals surface area contributed by atoms with Gasteiger partial charge in [0.15, 0.2) is 5.78 Å². The Hall–Kier alpha value is -3.45. The van der Waals surface area contributed by atoms with Crippen molar-refractivity contribution in [1.82, 2.24) is 15.1 Å². The number of aromatic nitrogens is 2. The van der Waals surface area contributed by atoms with Crippen molar-refractivity contribution in [2.45, 2.75) is 46.1 Å². The number of ketones is 1. The van der Waals surface area contributed by atoms with Crippen molar-refractivity contribution in [3.05, 3.63) is 98.9 Å². The number of allylic oxidation sites excluding steroid dienone is 3. The number of halogens is 1. The lowest BCUT2D eigenvalue weighted by molar-refractivity contribution is -0.136. The van der Waals surface area contributed by atoms with Crippen molar-refractivity contribution < 1.29 is 14.3 Å². The van der Waals surface area contributed by atoms with Crippen LogP contribution in [-0.4, -0.2) is 28.6 Å². The molecule has 0 radical (unpaired) electrons. The van der Waals surface area contributed by atoms with Gasteiger partial charge in [0.05, 0.1) is 30.8 Å². The Morgan fingerprint density at radius 3 is 2.51 bits per heavy atom. The summed E-state index contributed by atoms with van der Waals surface area (Å²) in [4.78, 5) is 26.8. The predicted molar refractivity (Wildman–Crippen MR) is 147 cm³/mol. The van der Waals surface area contributed by atoms with Crippen LogP contribution in [0.2, 0.25) is 0 Å². The van der Waals surface area contributed by atoms with Gasteiger partial charge in [0.2, 0.25) is 0 Å². The number of carbonyl (C=O) groups excluding carboxylic acids is 2. The van der Waals surface area contributed by atoms with Gasteiger partial charge in [-0.05, 0) is 36.5 Å². The second-order valence-electron chi connectivity index (χ2n) is 10.5. The maximum atomic E-state index is 13.7. The fourth-order valence-electron chi connectivity index (χ4n) is 5.45. The van der Waals surface area contributed by atoms with Gasteiger partial charge in [-0.2, -0.15) is 5.10 Å². The normalized spacial score (nSPS) is 18.9. The van der Waals surface area contributed by atoms with Gasteiger partial charge in [-0.15, -0.1) is 0 Å². The number of rotatable bonds is 5. The zero-order valence-corrected chi connectivity index (χ0v) is 23.1. The third-order valence-electron chi connectivity index (χ3n) is 7.05. The van der Waals surface area contributed by atoms with Gasteiger partial charge in [0.1, 0.15) is 0 Å². The zero-order chi connectivity index (χ0) is 26.3. The fourth-order valence-corrected chi connectivity index (χ4v) is 5.72. The van der Waals surface area contributed by atoms with E-state index in [1.54, 1.807) is 0 Å². The average Bonchev–Trinajstić information content (AvgIpc) is 3.27. The molecule has 37 heavy (non-hydrogen) atoms. The number of Topliss-reactive ketones (excluding diaryl/α,β-unsaturated/α-hetero) is 1. The van der Waals surface area contributed by atoms with Crippen LogP contribution < -0.4 is 5.32 Å². The van der Waals surface area contributed by atoms with Gasteiger partial charge in [-0.3, -0.25) is 9.48 Å². The highest BCUT2D eigenvalue weighted by atomic mass is 79.9. The monoisotopic (exact) mass is 559 g/mol. The molecule has 0 unspecified atom stereocenters. The van der Waals surface area contributed by atoms with Crippen molar-refractivity contribution in [3.8, 4) is 11.3 Å². The molecule has 0 saturated heterocycles. The lowest BCUT2D eigenvalue weighted by atomic mass is 9.68. The number of ether oxygens (including phenoxy) is 1. The third-order valence-corrected chi connectivity index (χ3v) is 7.58. The Morgan fingerprint density at radius 2 is 1.84 bits per heavy atom. The van der Waals surface area contributed by atoms with Crippen molar-refractivity contribution in [1.29, 1.82) is 0 Å². The minimum Gasteiger partial charge on any atom is -0.466 e. The fraction of sp³-hybridized carbons (Fsp3) is 0.300. The summed E-state index contributed by atoms with van der Waals surface area (Å²) in [5.74, 6) is -0.961. The number of dihydropyridines is 1. The molecule has 190 valence electrons. The molecular formula is C30H30BrN3O3. The molecule has 3 aromatic rings. The van der Waals surface area contributed by atoms with Crippen molar-refractivity contribution in [2.24, 2.45) is 5.41 Å². The van der Waals surface area contributed by atoms with Crippen LogP contribution in [0.15, 0.2) is 87.8 Å². The number of esters is 1. The molecule has 6 nitrogen and oxygen atoms in total. The van der Waals surface area contributed by atoms with Crippen molar-refractivity contribution >= 4 is 27.7 Å². The van der Waals surface area contributed by atoms with E-state index in [1.165, 1.54) is 7.11 Å². The lowest BCUT2D eigenvalue weighted by Gasteiger charge is -2.39. The molecule has 1 aliphatic carbocycles. The van der Waals surface area contributed by atoms with Crippen LogP contribution in [0.25, 0.3) is 11.3 Å². The maximum absolute atomic E-state index is 13.7. The summed E-state index contributed by atoms with van der Waals surface area (Å²) in [6.07, 6.45) is 3.13. The minimum atomic E-state index is -0.568. The van der Waals surface area contributed by atoms with Gasteiger partial charge in [-0.25, -0.2) is 4.79 Å². The Morgan fingerprint density at radius 1 is 1.14 bits per heavy atom. The van der Waals surface area contributed by atoms with E-state index in [0.717, 1.165) is 39.0 Å². The third kappa shape index (κ3) is 4.92. The predicted octanol–water partition coefficient (Wildman–Crippen LogP) is 6.14. The van der Waals surface area contributed by atoms with Crippen LogP contribution in [0.1, 0.15) is 50.7 Å². The molecule has 1 aromatic heterocycles. The first kappa shape index (κ1) is 25.2. The molecule has 0 spiro atoms. The first-order valence-corrected chi connectivity index (χ1v) is 13.2. The van der Waals surface area contributed by atoms with Gasteiger partial charge in [0.25, 0.3) is 0 Å². The summed E-state index contributed by atoms with van der Waals surface area (Å²) in [7, 11) is 1.38. The Kier molecular flexibility index (Phi) is 6.67. The van der Waals surface area contributed by atoms with E-state index in [0.29, 0.717) is 29.8 Å². The molecule has 2 aliphatic rings. The molecule has 0 amide bonds. The first-order valence-electron chi connectivity index (χ1n) is 12.4. The summed E-state index contributed by atoms with van der Waals surface area (Å²) in [6.45, 7) is 6.64. The molecule has 1 N–H and O–H groups in total. The topological polar surface area (TPSA) is 73.2 Å². The second-order valence-corrected chi connectivity index (χ2v) is 11.5. The molecule has 5 rings (SSSR count). The number of nitrogens with one attached hydrogen (secondary N) is 1. The zero-order valence-electron chi connectivity index (χ0n) is 21.5. The first-order chi connectivity index (χ1) is 17.7. The lowest BCUT2D eigenvalue weighted by Crippen LogP contribution is -2.38. The molecule has 0 bridgehead atoms. The smallest absolute Gasteiger partial charge is 0.336 e. The van der Waals surface area contributed by atoms with Gasteiger partial charge in [0, 0.05) is 45.2 Å². The number of hydrogen-bond acceptors (Lipinski definition) is 5. The number of nitrogens with zero attached hydrogens (tertiary/aromatic N) is 2. The Balaban J connectivity index is 1.71. The number of hydrogen-bond donors (Lipinski definition) is 1. The van der Waals surface area contributed by atoms with Crippen LogP contribution in [0.5, 0.6) is 0 Å². The highest BCUT2D eigenvalue weighted by Crippen LogP contribution is 2.48. The summed E-state index contributed by atoms with van der Waals surface area (Å²) in [5.41, 5.74) is 6.13. The Labute approximate surface area is 225 Å². The largest absolute Gasteiger partial charge is 0.466 e. The molecule has 1 atom stereocenters. The highest BCUT2D eigenvalue weighted by Gasteiger charge is 2.44. The summed E-state index contributed by atoms with van der Waals surface area (Å²) in [5, 5.41) is 8.37. The second kappa shape index (κ2) is 9.78. The van der Waals surface area contributed by atoms with E-state index < -0.39 is 11.9 Å². The van der Waals surface area contributed by atoms with Gasteiger partial charge in [-0.1, -0.05) is 72.2 Å². The molecular weight excluding hydrogens is 530 g/mol. The SMILES string of the molecule is COC(=O)C1=C(C)NC2=C(C(=O)CC(C)(C)C2)[C@H]1c1cn(Cc2ccc(Br)cc2)nc1-c1ccccc1.